The van der Waals surface area contributed by atoms with Crippen LogP contribution in [0, 0.1) is 0 Å². The van der Waals surface area contributed by atoms with E-state index in [2.05, 4.69) is 42.1 Å². The summed E-state index contributed by atoms with van der Waals surface area (Å²) in [7, 11) is -1.37. The average Bonchev–Trinajstić information content (AvgIpc) is 2.67. The van der Waals surface area contributed by atoms with Gasteiger partial charge in [0, 0.05) is 37.6 Å². The summed E-state index contributed by atoms with van der Waals surface area (Å²) < 4.78 is 0. The molecule has 1 fully saturated rings. The van der Waals surface area contributed by atoms with Gasteiger partial charge in [0.05, 0.1) is 8.07 Å². The summed E-state index contributed by atoms with van der Waals surface area (Å²) in [5.41, 5.74) is 0.963. The molecule has 0 saturated carbocycles. The van der Waals surface area contributed by atoms with Crippen molar-refractivity contribution in [2.75, 3.05) is 29.9 Å². The third kappa shape index (κ3) is 4.76. The molecule has 1 aliphatic rings. The van der Waals surface area contributed by atoms with Crippen molar-refractivity contribution < 1.29 is 14.7 Å². The predicted molar refractivity (Wildman–Crippen MR) is 118 cm³/mol. The summed E-state index contributed by atoms with van der Waals surface area (Å²) >= 11 is 0. The minimum absolute atomic E-state index is 0.0753. The molecule has 2 amide bonds. The molecule has 1 atom stereocenters. The highest BCUT2D eigenvalue weighted by atomic mass is 28.3. The number of carboxylic acids is 1. The number of benzene rings is 1. The number of hydrogen-bond acceptors (Lipinski definition) is 4. The van der Waals surface area contributed by atoms with Crippen LogP contribution in [0.1, 0.15) is 17.3 Å². The van der Waals surface area contributed by atoms with E-state index in [4.69, 9.17) is 0 Å². The number of aromatic carboxylic acids is 1. The van der Waals surface area contributed by atoms with Crippen LogP contribution in [0.25, 0.3) is 0 Å². The lowest BCUT2D eigenvalue weighted by molar-refractivity contribution is 0.0696. The van der Waals surface area contributed by atoms with Gasteiger partial charge in [-0.3, -0.25) is 0 Å². The van der Waals surface area contributed by atoms with E-state index in [0.29, 0.717) is 25.5 Å². The van der Waals surface area contributed by atoms with Crippen LogP contribution in [-0.4, -0.2) is 60.7 Å². The number of carboxylic acid groups (broad SMARTS) is 1. The average molecular weight is 413 g/mol. The van der Waals surface area contributed by atoms with E-state index in [1.807, 2.05) is 24.0 Å². The van der Waals surface area contributed by atoms with Gasteiger partial charge in [0.15, 0.2) is 0 Å². The zero-order valence-corrected chi connectivity index (χ0v) is 18.3. The Kier molecular flexibility index (Phi) is 5.93. The van der Waals surface area contributed by atoms with Crippen LogP contribution in [0.3, 0.4) is 0 Å². The molecule has 8 heteroatoms. The van der Waals surface area contributed by atoms with Gasteiger partial charge in [-0.1, -0.05) is 37.0 Å². The molecule has 29 heavy (non-hydrogen) atoms. The van der Waals surface area contributed by atoms with Crippen molar-refractivity contribution in [3.05, 3.63) is 48.2 Å². The molecule has 0 unspecified atom stereocenters. The molecule has 154 valence electrons. The molecule has 1 aromatic heterocycles. The van der Waals surface area contributed by atoms with Crippen LogP contribution in [0.15, 0.2) is 42.6 Å². The molecule has 2 N–H and O–H groups in total. The second kappa shape index (κ2) is 8.24. The lowest BCUT2D eigenvalue weighted by Crippen LogP contribution is -2.55. The first kappa shape index (κ1) is 20.9. The van der Waals surface area contributed by atoms with E-state index in [1.165, 1.54) is 5.19 Å². The minimum atomic E-state index is -1.37. The minimum Gasteiger partial charge on any atom is -0.478 e. The van der Waals surface area contributed by atoms with Crippen molar-refractivity contribution in [2.45, 2.75) is 32.6 Å². The van der Waals surface area contributed by atoms with Crippen molar-refractivity contribution in [3.63, 3.8) is 0 Å². The smallest absolute Gasteiger partial charge is 0.339 e. The van der Waals surface area contributed by atoms with E-state index in [-0.39, 0.29) is 17.6 Å². The van der Waals surface area contributed by atoms with Crippen LogP contribution in [0.5, 0.6) is 0 Å². The van der Waals surface area contributed by atoms with Gasteiger partial charge in [-0.25, -0.2) is 14.6 Å². The maximum absolute atomic E-state index is 12.8. The third-order valence-corrected chi connectivity index (χ3v) is 7.27. The monoisotopic (exact) mass is 412 g/mol. The molecule has 2 aromatic rings. The Bertz CT molecular complexity index is 896. The van der Waals surface area contributed by atoms with Crippen molar-refractivity contribution >= 4 is 36.8 Å². The quantitative estimate of drug-likeness (QED) is 0.754. The lowest BCUT2D eigenvalue weighted by atomic mass is 10.1. The Morgan fingerprint density at radius 2 is 1.83 bits per heavy atom. The van der Waals surface area contributed by atoms with Gasteiger partial charge in [0.2, 0.25) is 0 Å². The summed E-state index contributed by atoms with van der Waals surface area (Å²) in [6, 6.07) is 11.1. The topological polar surface area (TPSA) is 85.8 Å². The highest BCUT2D eigenvalue weighted by Crippen LogP contribution is 2.22. The number of nitrogens with zero attached hydrogens (tertiary/aromatic N) is 3. The highest BCUT2D eigenvalue weighted by Gasteiger charge is 2.30. The van der Waals surface area contributed by atoms with Crippen LogP contribution >= 0.6 is 0 Å². The fourth-order valence-electron chi connectivity index (χ4n) is 3.52. The summed E-state index contributed by atoms with van der Waals surface area (Å²) in [5.74, 6) is -0.545. The molecular formula is C21H28N4O3Si. The number of carbonyl (C=O) groups excluding carboxylic acids is 1. The Hall–Kier alpha value is -2.87. The summed E-state index contributed by atoms with van der Waals surface area (Å²) in [6.45, 7) is 10.4. The number of rotatable bonds is 4. The summed E-state index contributed by atoms with van der Waals surface area (Å²) in [4.78, 5) is 32.2. The van der Waals surface area contributed by atoms with Crippen LogP contribution in [-0.2, 0) is 0 Å². The van der Waals surface area contributed by atoms with E-state index >= 15 is 0 Å². The fourth-order valence-corrected chi connectivity index (χ4v) is 4.68. The Morgan fingerprint density at radius 3 is 2.41 bits per heavy atom. The first-order valence-corrected chi connectivity index (χ1v) is 13.3. The molecule has 3 rings (SSSR count). The van der Waals surface area contributed by atoms with Gasteiger partial charge in [-0.2, -0.15) is 0 Å². The molecule has 0 aliphatic carbocycles. The summed E-state index contributed by atoms with van der Waals surface area (Å²) in [6.07, 6.45) is 1.59. The number of anilines is 2. The SMILES string of the molecule is C[C@@H]1CN(c2ncccc2C(=O)O)CCN1C(=O)Nc1ccc([Si](C)(C)C)cc1. The maximum Gasteiger partial charge on any atom is 0.339 e. The van der Waals surface area contributed by atoms with Gasteiger partial charge >= 0.3 is 12.0 Å². The number of carbonyl (C=O) groups is 2. The van der Waals surface area contributed by atoms with E-state index < -0.39 is 14.0 Å². The van der Waals surface area contributed by atoms with Gasteiger partial charge in [-0.05, 0) is 31.2 Å². The van der Waals surface area contributed by atoms with Gasteiger partial charge < -0.3 is 20.2 Å². The second-order valence-electron chi connectivity index (χ2n) is 8.43. The first-order valence-electron chi connectivity index (χ1n) is 9.78. The molecule has 1 saturated heterocycles. The molecule has 0 bridgehead atoms. The molecule has 1 aliphatic heterocycles. The molecule has 7 nitrogen and oxygen atoms in total. The van der Waals surface area contributed by atoms with Crippen molar-refractivity contribution in [1.29, 1.82) is 0 Å². The molecule has 2 heterocycles. The zero-order valence-electron chi connectivity index (χ0n) is 17.3. The van der Waals surface area contributed by atoms with E-state index in [9.17, 15) is 14.7 Å². The second-order valence-corrected chi connectivity index (χ2v) is 13.5. The lowest BCUT2D eigenvalue weighted by Gasteiger charge is -2.40. The van der Waals surface area contributed by atoms with Crippen LogP contribution in [0.2, 0.25) is 19.6 Å². The maximum atomic E-state index is 12.8. The van der Waals surface area contributed by atoms with Crippen LogP contribution < -0.4 is 15.4 Å². The Balaban J connectivity index is 1.65. The third-order valence-electron chi connectivity index (χ3n) is 5.21. The number of piperazine rings is 1. The van der Waals surface area contributed by atoms with Crippen molar-refractivity contribution in [1.82, 2.24) is 9.88 Å². The zero-order chi connectivity index (χ0) is 21.2. The highest BCUT2D eigenvalue weighted by molar-refractivity contribution is 6.88. The van der Waals surface area contributed by atoms with Crippen molar-refractivity contribution in [2.24, 2.45) is 0 Å². The number of urea groups is 1. The predicted octanol–water partition coefficient (Wildman–Crippen LogP) is 3.07. The number of amides is 2. The standard InChI is InChI=1S/C21H28N4O3Si/c1-15-14-24(19-18(20(26)27)6-5-11-22-19)12-13-25(15)21(28)23-16-7-9-17(10-8-16)29(2,3)4/h5-11,15H,12-14H2,1-4H3,(H,23,28)(H,26,27)/t15-/m1/s1. The number of pyridine rings is 1. The normalized spacial score (nSPS) is 17.2. The number of hydrogen-bond donors (Lipinski definition) is 2. The van der Waals surface area contributed by atoms with Gasteiger partial charge in [0.1, 0.15) is 11.4 Å². The van der Waals surface area contributed by atoms with E-state index in [1.54, 1.807) is 23.2 Å². The Labute approximate surface area is 172 Å². The number of nitrogens with one attached hydrogen (secondary N) is 1. The van der Waals surface area contributed by atoms with E-state index in [0.717, 1.165) is 5.69 Å². The largest absolute Gasteiger partial charge is 0.478 e. The summed E-state index contributed by atoms with van der Waals surface area (Å²) in [5, 5.41) is 13.7. The fraction of sp³-hybridized carbons (Fsp3) is 0.381. The molecule has 0 radical (unpaired) electrons. The van der Waals surface area contributed by atoms with Gasteiger partial charge in [-0.15, -0.1) is 0 Å². The van der Waals surface area contributed by atoms with Crippen LogP contribution in [0.4, 0.5) is 16.3 Å². The molecule has 1 aromatic carbocycles. The molecular weight excluding hydrogens is 384 g/mol. The van der Waals surface area contributed by atoms with Crippen molar-refractivity contribution in [3.8, 4) is 0 Å². The molecule has 0 spiro atoms. The van der Waals surface area contributed by atoms with Gasteiger partial charge in [0.25, 0.3) is 0 Å². The number of aromatic nitrogens is 1. The first-order chi connectivity index (χ1) is 13.7. The Morgan fingerprint density at radius 1 is 1.14 bits per heavy atom.